The summed E-state index contributed by atoms with van der Waals surface area (Å²) >= 11 is 5.99. The monoisotopic (exact) mass is 522 g/mol. The number of carbonyl (C=O) groups excluding carboxylic acids is 1. The first kappa shape index (κ1) is 24.9. The molecule has 0 saturated heterocycles. The first-order valence-corrected chi connectivity index (χ1v) is 12.3. The molecule has 4 aromatic carbocycles. The van der Waals surface area contributed by atoms with Crippen LogP contribution in [-0.4, -0.2) is 5.97 Å². The van der Waals surface area contributed by atoms with Crippen LogP contribution in [-0.2, 0) is 6.61 Å². The van der Waals surface area contributed by atoms with Crippen molar-refractivity contribution < 1.29 is 19.0 Å². The van der Waals surface area contributed by atoms with Gasteiger partial charge in [0, 0.05) is 16.7 Å². The Morgan fingerprint density at radius 1 is 1.00 bits per heavy atom. The van der Waals surface area contributed by atoms with Gasteiger partial charge in [-0.1, -0.05) is 65.7 Å². The molecule has 1 heterocycles. The molecule has 0 saturated carbocycles. The highest BCUT2D eigenvalue weighted by Gasteiger charge is 2.31. The highest BCUT2D eigenvalue weighted by Crippen LogP contribution is 2.44. The molecule has 5 rings (SSSR count). The summed E-state index contributed by atoms with van der Waals surface area (Å²) in [6.45, 7) is 2.45. The van der Waals surface area contributed by atoms with Gasteiger partial charge in [0.05, 0.1) is 11.5 Å². The number of nitrogens with two attached hydrogens (primary N) is 1. The number of hydrogen-bond acceptors (Lipinski definition) is 6. The van der Waals surface area contributed by atoms with Gasteiger partial charge < -0.3 is 19.9 Å². The first-order valence-electron chi connectivity index (χ1n) is 11.9. The van der Waals surface area contributed by atoms with Gasteiger partial charge in [0.1, 0.15) is 35.5 Å². The van der Waals surface area contributed by atoms with Crippen molar-refractivity contribution in [2.45, 2.75) is 19.4 Å². The van der Waals surface area contributed by atoms with Gasteiger partial charge in [0.15, 0.2) is 0 Å². The number of nitriles is 1. The highest BCUT2D eigenvalue weighted by atomic mass is 35.5. The summed E-state index contributed by atoms with van der Waals surface area (Å²) in [6.07, 6.45) is 0. The van der Waals surface area contributed by atoms with Gasteiger partial charge in [-0.15, -0.1) is 0 Å². The molecule has 1 aliphatic rings. The Labute approximate surface area is 225 Å². The molecule has 2 N–H and O–H groups in total. The van der Waals surface area contributed by atoms with Crippen molar-refractivity contribution in [1.82, 2.24) is 0 Å². The standard InChI is InChI=1S/C31H23ClN2O4/c1-19-8-10-20(11-9-19)18-36-24-7-3-4-21(15-24)29-26-13-12-25(16-28(26)38-30(34)27(29)17-33)37-31(35)22-5-2-6-23(32)14-22/h2-16,29H,18,34H2,1H3. The fourth-order valence-corrected chi connectivity index (χ4v) is 4.45. The molecule has 38 heavy (non-hydrogen) atoms. The number of nitrogens with zero attached hydrogens (tertiary/aromatic N) is 1. The lowest BCUT2D eigenvalue weighted by molar-refractivity contribution is 0.0734. The maximum absolute atomic E-state index is 12.6. The molecule has 0 bridgehead atoms. The second-order valence-electron chi connectivity index (χ2n) is 8.87. The van der Waals surface area contributed by atoms with Gasteiger partial charge in [0.2, 0.25) is 5.88 Å². The molecule has 0 radical (unpaired) electrons. The van der Waals surface area contributed by atoms with Gasteiger partial charge >= 0.3 is 5.97 Å². The van der Waals surface area contributed by atoms with Gasteiger partial charge in [0.25, 0.3) is 0 Å². The number of benzene rings is 4. The normalized spacial score (nSPS) is 14.2. The average Bonchev–Trinajstić information content (AvgIpc) is 2.92. The van der Waals surface area contributed by atoms with Crippen LogP contribution >= 0.6 is 11.6 Å². The topological polar surface area (TPSA) is 94.6 Å². The fourth-order valence-electron chi connectivity index (χ4n) is 4.26. The van der Waals surface area contributed by atoms with Gasteiger partial charge in [-0.3, -0.25) is 0 Å². The third-order valence-corrected chi connectivity index (χ3v) is 6.41. The number of aryl methyl sites for hydroxylation is 1. The van der Waals surface area contributed by atoms with E-state index in [-0.39, 0.29) is 17.2 Å². The van der Waals surface area contributed by atoms with Crippen LogP contribution in [0.1, 0.15) is 38.5 Å². The van der Waals surface area contributed by atoms with Crippen LogP contribution in [0.2, 0.25) is 5.02 Å². The fraction of sp³-hybridized carbons (Fsp3) is 0.0968. The zero-order valence-electron chi connectivity index (χ0n) is 20.5. The van der Waals surface area contributed by atoms with Crippen molar-refractivity contribution in [3.63, 3.8) is 0 Å². The van der Waals surface area contributed by atoms with Gasteiger partial charge in [-0.2, -0.15) is 5.26 Å². The minimum absolute atomic E-state index is 0.00528. The quantitative estimate of drug-likeness (QED) is 0.224. The summed E-state index contributed by atoms with van der Waals surface area (Å²) in [5.74, 6) is 0.293. The van der Waals surface area contributed by atoms with E-state index in [1.54, 1.807) is 36.4 Å². The van der Waals surface area contributed by atoms with E-state index in [0.717, 1.165) is 11.1 Å². The predicted molar refractivity (Wildman–Crippen MR) is 144 cm³/mol. The largest absolute Gasteiger partial charge is 0.489 e. The average molecular weight is 523 g/mol. The SMILES string of the molecule is Cc1ccc(COc2cccc(C3C(C#N)=C(N)Oc4cc(OC(=O)c5cccc(Cl)c5)ccc43)c2)cc1. The molecular weight excluding hydrogens is 500 g/mol. The number of allylic oxidation sites excluding steroid dienone is 1. The molecule has 0 aromatic heterocycles. The Balaban J connectivity index is 1.42. The van der Waals surface area contributed by atoms with Crippen molar-refractivity contribution >= 4 is 17.6 Å². The number of rotatable bonds is 6. The maximum Gasteiger partial charge on any atom is 0.343 e. The Hall–Kier alpha value is -4.73. The first-order chi connectivity index (χ1) is 18.4. The lowest BCUT2D eigenvalue weighted by Gasteiger charge is -2.27. The number of fused-ring (bicyclic) bond motifs is 1. The highest BCUT2D eigenvalue weighted by molar-refractivity contribution is 6.30. The molecule has 0 spiro atoms. The Morgan fingerprint density at radius 3 is 2.55 bits per heavy atom. The minimum atomic E-state index is -0.556. The summed E-state index contributed by atoms with van der Waals surface area (Å²) in [7, 11) is 0. The summed E-state index contributed by atoms with van der Waals surface area (Å²) in [6, 6.07) is 29.4. The Bertz CT molecular complexity index is 1590. The molecule has 6 nitrogen and oxygen atoms in total. The van der Waals surface area contributed by atoms with Crippen LogP contribution in [0.5, 0.6) is 17.2 Å². The van der Waals surface area contributed by atoms with Crippen LogP contribution in [0.4, 0.5) is 0 Å². The second-order valence-corrected chi connectivity index (χ2v) is 9.31. The van der Waals surface area contributed by atoms with Crippen LogP contribution in [0, 0.1) is 18.3 Å². The van der Waals surface area contributed by atoms with Crippen molar-refractivity contribution in [3.8, 4) is 23.3 Å². The number of halogens is 1. The van der Waals surface area contributed by atoms with Crippen LogP contribution in [0.15, 0.2) is 102 Å². The van der Waals surface area contributed by atoms with E-state index in [1.807, 2.05) is 55.5 Å². The number of hydrogen-bond donors (Lipinski definition) is 1. The van der Waals surface area contributed by atoms with Crippen molar-refractivity contribution in [2.24, 2.45) is 5.73 Å². The number of esters is 1. The molecule has 188 valence electrons. The summed E-state index contributed by atoms with van der Waals surface area (Å²) in [4.78, 5) is 12.6. The molecule has 1 unspecified atom stereocenters. The smallest absolute Gasteiger partial charge is 0.343 e. The molecule has 1 atom stereocenters. The second kappa shape index (κ2) is 10.7. The third kappa shape index (κ3) is 5.34. The summed E-state index contributed by atoms with van der Waals surface area (Å²) in [5.41, 5.74) is 10.5. The van der Waals surface area contributed by atoms with E-state index < -0.39 is 11.9 Å². The number of carbonyl (C=O) groups is 1. The van der Waals surface area contributed by atoms with Crippen LogP contribution in [0.3, 0.4) is 0 Å². The van der Waals surface area contributed by atoms with E-state index in [9.17, 15) is 10.1 Å². The Kier molecular flexibility index (Phi) is 7.03. The third-order valence-electron chi connectivity index (χ3n) is 6.18. The van der Waals surface area contributed by atoms with Crippen molar-refractivity contribution in [2.75, 3.05) is 0 Å². The molecule has 0 fully saturated rings. The zero-order valence-corrected chi connectivity index (χ0v) is 21.2. The molecule has 7 heteroatoms. The van der Waals surface area contributed by atoms with Crippen molar-refractivity contribution in [1.29, 1.82) is 5.26 Å². The van der Waals surface area contributed by atoms with E-state index in [1.165, 1.54) is 11.6 Å². The van der Waals surface area contributed by atoms with Crippen LogP contribution in [0.25, 0.3) is 0 Å². The zero-order chi connectivity index (χ0) is 26.6. The van der Waals surface area contributed by atoms with Crippen LogP contribution < -0.4 is 19.9 Å². The molecule has 0 amide bonds. The van der Waals surface area contributed by atoms with Crippen molar-refractivity contribution in [3.05, 3.63) is 135 Å². The van der Waals surface area contributed by atoms with E-state index in [4.69, 9.17) is 31.5 Å². The lowest BCUT2D eigenvalue weighted by Crippen LogP contribution is -2.21. The predicted octanol–water partition coefficient (Wildman–Crippen LogP) is 6.66. The number of ether oxygens (including phenoxy) is 3. The maximum atomic E-state index is 12.6. The molecule has 4 aromatic rings. The lowest BCUT2D eigenvalue weighted by atomic mass is 9.83. The van der Waals surface area contributed by atoms with Gasteiger partial charge in [-0.05, 0) is 54.4 Å². The molecular formula is C31H23ClN2O4. The van der Waals surface area contributed by atoms with E-state index >= 15 is 0 Å². The van der Waals surface area contributed by atoms with Gasteiger partial charge in [-0.25, -0.2) is 4.79 Å². The summed E-state index contributed by atoms with van der Waals surface area (Å²) < 4.78 is 17.3. The Morgan fingerprint density at radius 2 is 1.79 bits per heavy atom. The summed E-state index contributed by atoms with van der Waals surface area (Å²) in [5, 5.41) is 10.3. The minimum Gasteiger partial charge on any atom is -0.489 e. The molecule has 0 aliphatic carbocycles. The molecule has 1 aliphatic heterocycles. The van der Waals surface area contributed by atoms with E-state index in [0.29, 0.717) is 34.3 Å². The van der Waals surface area contributed by atoms with E-state index in [2.05, 4.69) is 6.07 Å².